The van der Waals surface area contributed by atoms with Gasteiger partial charge in [-0.2, -0.15) is 0 Å². The van der Waals surface area contributed by atoms with Gasteiger partial charge in [0.2, 0.25) is 0 Å². The molecule has 2 aromatic rings. The summed E-state index contributed by atoms with van der Waals surface area (Å²) in [5.41, 5.74) is 8.72. The zero-order valence-electron chi connectivity index (χ0n) is 23.1. The molecule has 0 aliphatic heterocycles. The highest BCUT2D eigenvalue weighted by atomic mass is 28.4. The molecule has 0 aliphatic rings. The first-order valence-corrected chi connectivity index (χ1v) is 14.5. The number of carbonyl (C=O) groups is 1. The van der Waals surface area contributed by atoms with E-state index in [-0.39, 0.29) is 23.8 Å². The van der Waals surface area contributed by atoms with E-state index in [1.807, 2.05) is 71.0 Å². The van der Waals surface area contributed by atoms with Crippen molar-refractivity contribution in [3.05, 3.63) is 71.1 Å². The average Bonchev–Trinajstić information content (AvgIpc) is 2.78. The summed E-state index contributed by atoms with van der Waals surface area (Å²) in [6.45, 7) is 16.8. The monoisotopic (exact) mass is 510 g/mol. The first-order chi connectivity index (χ1) is 16.8. The van der Waals surface area contributed by atoms with Crippen LogP contribution >= 0.6 is 0 Å². The van der Waals surface area contributed by atoms with Crippen molar-refractivity contribution in [2.45, 2.75) is 84.5 Å². The fraction of sp³-hybridized carbons (Fsp3) is 0.536. The van der Waals surface area contributed by atoms with Crippen LogP contribution in [0.15, 0.2) is 65.8 Å². The minimum Gasteiger partial charge on any atom is -0.444 e. The molecule has 2 aromatic carbocycles. The molecule has 0 aliphatic carbocycles. The van der Waals surface area contributed by atoms with Crippen molar-refractivity contribution in [2.24, 2.45) is 5.11 Å². The molecular formula is C28H42N4O3Si. The highest BCUT2D eigenvalue weighted by molar-refractivity contribution is 6.99. The molecule has 0 N–H and O–H groups in total. The third-order valence-electron chi connectivity index (χ3n) is 6.08. The van der Waals surface area contributed by atoms with Crippen LogP contribution in [0.3, 0.4) is 0 Å². The Morgan fingerprint density at radius 2 is 1.47 bits per heavy atom. The average molecular weight is 511 g/mol. The Kier molecular flexibility index (Phi) is 10.2. The van der Waals surface area contributed by atoms with Gasteiger partial charge in [0, 0.05) is 24.1 Å². The second kappa shape index (κ2) is 12.4. The van der Waals surface area contributed by atoms with Gasteiger partial charge in [-0.15, -0.1) is 0 Å². The highest BCUT2D eigenvalue weighted by Crippen LogP contribution is 2.37. The van der Waals surface area contributed by atoms with Gasteiger partial charge in [-0.05, 0) is 62.0 Å². The Morgan fingerprint density at radius 3 is 1.86 bits per heavy atom. The number of rotatable bonds is 10. The minimum absolute atomic E-state index is 0.0517. The van der Waals surface area contributed by atoms with Gasteiger partial charge < -0.3 is 14.1 Å². The van der Waals surface area contributed by atoms with E-state index >= 15 is 0 Å². The first kappa shape index (κ1) is 29.4. The topological polar surface area (TPSA) is 87.5 Å². The molecule has 36 heavy (non-hydrogen) atoms. The van der Waals surface area contributed by atoms with E-state index in [1.54, 1.807) is 4.90 Å². The fourth-order valence-corrected chi connectivity index (χ4v) is 9.00. The fourth-order valence-electron chi connectivity index (χ4n) is 4.40. The van der Waals surface area contributed by atoms with Gasteiger partial charge >= 0.3 is 6.09 Å². The van der Waals surface area contributed by atoms with Gasteiger partial charge in [0.1, 0.15) is 5.60 Å². The maximum absolute atomic E-state index is 12.8. The summed E-state index contributed by atoms with van der Waals surface area (Å²) in [6, 6.07) is 20.3. The van der Waals surface area contributed by atoms with Crippen LogP contribution in [0.4, 0.5) is 4.79 Å². The molecule has 0 saturated heterocycles. The molecule has 7 nitrogen and oxygen atoms in total. The van der Waals surface area contributed by atoms with E-state index in [0.717, 1.165) is 0 Å². The van der Waals surface area contributed by atoms with E-state index < -0.39 is 20.0 Å². The largest absolute Gasteiger partial charge is 0.444 e. The summed E-state index contributed by atoms with van der Waals surface area (Å²) in [6.07, 6.45) is 0.102. The third-order valence-corrected chi connectivity index (χ3v) is 11.1. The zero-order valence-corrected chi connectivity index (χ0v) is 24.1. The normalized spacial score (nSPS) is 13.1. The van der Waals surface area contributed by atoms with E-state index in [4.69, 9.17) is 9.16 Å². The van der Waals surface area contributed by atoms with Crippen molar-refractivity contribution in [3.63, 3.8) is 0 Å². The SMILES string of the molecule is CC(C)N(CC[C@@H](CO[Si](c1ccccc1)(c1ccccc1)C(C)(C)C)N=[N+]=[N-])C(=O)OC(C)(C)C. The Balaban J connectivity index is 2.35. The van der Waals surface area contributed by atoms with Crippen LogP contribution in [0, 0.1) is 0 Å². The number of azide groups is 1. The summed E-state index contributed by atoms with van der Waals surface area (Å²) in [5, 5.41) is 6.21. The van der Waals surface area contributed by atoms with Gasteiger partial charge in [-0.25, -0.2) is 4.79 Å². The van der Waals surface area contributed by atoms with Gasteiger partial charge in [0.15, 0.2) is 0 Å². The summed E-state index contributed by atoms with van der Waals surface area (Å²) in [5.74, 6) is 0. The van der Waals surface area contributed by atoms with Crippen molar-refractivity contribution in [2.75, 3.05) is 13.2 Å². The van der Waals surface area contributed by atoms with Crippen LogP contribution < -0.4 is 10.4 Å². The first-order valence-electron chi connectivity index (χ1n) is 12.6. The number of carbonyl (C=O) groups excluding carboxylic acids is 1. The lowest BCUT2D eigenvalue weighted by atomic mass is 10.2. The summed E-state index contributed by atoms with van der Waals surface area (Å²) >= 11 is 0. The summed E-state index contributed by atoms with van der Waals surface area (Å²) in [4.78, 5) is 17.5. The molecule has 8 heteroatoms. The number of hydrogen-bond donors (Lipinski definition) is 0. The Hall–Kier alpha value is -2.80. The molecule has 0 saturated carbocycles. The van der Waals surface area contributed by atoms with Gasteiger partial charge in [0.25, 0.3) is 8.32 Å². The molecule has 1 amide bonds. The number of nitrogens with zero attached hydrogens (tertiary/aromatic N) is 4. The molecule has 0 unspecified atom stereocenters. The summed E-state index contributed by atoms with van der Waals surface area (Å²) in [7, 11) is -2.76. The van der Waals surface area contributed by atoms with E-state index in [9.17, 15) is 10.3 Å². The molecule has 0 fully saturated rings. The van der Waals surface area contributed by atoms with Crippen molar-refractivity contribution in [1.82, 2.24) is 4.90 Å². The number of hydrogen-bond acceptors (Lipinski definition) is 4. The van der Waals surface area contributed by atoms with E-state index in [0.29, 0.717) is 13.0 Å². The van der Waals surface area contributed by atoms with Crippen LogP contribution in [-0.4, -0.2) is 50.1 Å². The van der Waals surface area contributed by atoms with Crippen LogP contribution in [0.25, 0.3) is 10.4 Å². The Labute approximate surface area is 217 Å². The van der Waals surface area contributed by atoms with Crippen molar-refractivity contribution in [1.29, 1.82) is 0 Å². The van der Waals surface area contributed by atoms with Crippen LogP contribution in [0.2, 0.25) is 5.04 Å². The molecule has 2 rings (SSSR count). The predicted molar refractivity (Wildman–Crippen MR) is 149 cm³/mol. The van der Waals surface area contributed by atoms with Crippen LogP contribution in [-0.2, 0) is 9.16 Å². The maximum Gasteiger partial charge on any atom is 0.410 e. The lowest BCUT2D eigenvalue weighted by Crippen LogP contribution is -2.67. The molecule has 0 heterocycles. The van der Waals surface area contributed by atoms with Crippen molar-refractivity contribution in [3.8, 4) is 0 Å². The molecule has 0 radical (unpaired) electrons. The Morgan fingerprint density at radius 1 is 0.972 bits per heavy atom. The highest BCUT2D eigenvalue weighted by Gasteiger charge is 2.50. The van der Waals surface area contributed by atoms with Gasteiger partial charge in [-0.1, -0.05) is 86.5 Å². The van der Waals surface area contributed by atoms with Gasteiger partial charge in [0.05, 0.1) is 6.04 Å². The van der Waals surface area contributed by atoms with E-state index in [1.165, 1.54) is 10.4 Å². The quantitative estimate of drug-likeness (QED) is 0.163. The van der Waals surface area contributed by atoms with Crippen LogP contribution in [0.5, 0.6) is 0 Å². The Bertz CT molecular complexity index is 971. The van der Waals surface area contributed by atoms with Crippen LogP contribution in [0.1, 0.15) is 61.8 Å². The second-order valence-electron chi connectivity index (χ2n) is 11.4. The molecule has 0 spiro atoms. The predicted octanol–water partition coefficient (Wildman–Crippen LogP) is 6.28. The van der Waals surface area contributed by atoms with E-state index in [2.05, 4.69) is 55.1 Å². The molecule has 196 valence electrons. The zero-order chi connectivity index (χ0) is 27.0. The number of ether oxygens (including phenoxy) is 1. The lowest BCUT2D eigenvalue weighted by molar-refractivity contribution is 0.0182. The molecule has 0 bridgehead atoms. The molecule has 1 atom stereocenters. The third kappa shape index (κ3) is 7.60. The maximum atomic E-state index is 12.8. The minimum atomic E-state index is -2.76. The smallest absolute Gasteiger partial charge is 0.410 e. The molecular weight excluding hydrogens is 468 g/mol. The van der Waals surface area contributed by atoms with Crippen molar-refractivity contribution < 1.29 is 14.0 Å². The second-order valence-corrected chi connectivity index (χ2v) is 15.7. The lowest BCUT2D eigenvalue weighted by Gasteiger charge is -2.43. The molecule has 0 aromatic heterocycles. The number of benzene rings is 2. The summed E-state index contributed by atoms with van der Waals surface area (Å²) < 4.78 is 12.5. The van der Waals surface area contributed by atoms with Gasteiger partial charge in [-0.3, -0.25) is 0 Å². The standard InChI is InChI=1S/C28H42N4O3Si/c1-22(2)32(26(33)35-27(3,4)5)20-19-23(30-31-29)21-34-36(28(6,7)8,24-15-11-9-12-16-24)25-17-13-10-14-18-25/h9-18,22-23H,19-21H2,1-8H3/t23-/m0/s1. The number of amides is 1. The van der Waals surface area contributed by atoms with Crippen molar-refractivity contribution >= 4 is 24.8 Å².